The van der Waals surface area contributed by atoms with E-state index in [1.54, 1.807) is 0 Å². The summed E-state index contributed by atoms with van der Waals surface area (Å²) in [6.07, 6.45) is 66.0. The van der Waals surface area contributed by atoms with E-state index in [0.29, 0.717) is 64.2 Å². The number of hydrogen-bond acceptors (Lipinski definition) is 20. The van der Waals surface area contributed by atoms with Crippen molar-refractivity contribution in [1.29, 1.82) is 0 Å². The van der Waals surface area contributed by atoms with Crippen molar-refractivity contribution in [2.45, 2.75) is 484 Å². The Balaban J connectivity index is 6.30. The minimum absolute atomic E-state index is 0.122. The second-order valence-electron chi connectivity index (χ2n) is 34.8. The lowest BCUT2D eigenvalue weighted by molar-refractivity contribution is -0.152. The van der Waals surface area contributed by atoms with E-state index < -0.39 is 121 Å². The number of allylic oxidation sites excluding steroid dienone is 8. The van der Waals surface area contributed by atoms with Crippen molar-refractivity contribution >= 4 is 63.2 Å². The molecule has 0 rings (SSSR count). The van der Waals surface area contributed by atoms with Gasteiger partial charge >= 0.3 is 39.5 Å². The molecule has 0 fully saturated rings. The Morgan fingerprint density at radius 3 is 0.783 bits per heavy atom. The average Bonchev–Trinajstić information content (AvgIpc) is 0.908. The zero-order valence-corrected chi connectivity index (χ0v) is 84.0. The van der Waals surface area contributed by atoms with Crippen molar-refractivity contribution in [1.82, 2.24) is 21.3 Å². The summed E-state index contributed by atoms with van der Waals surface area (Å²) in [5.74, 6) is -3.94. The molecule has 0 saturated heterocycles. The summed E-state index contributed by atoms with van der Waals surface area (Å²) >= 11 is 0. The second kappa shape index (κ2) is 90.7. The van der Waals surface area contributed by atoms with Crippen molar-refractivity contribution in [2.75, 3.05) is 65.9 Å². The quantitative estimate of drug-likeness (QED) is 0.00822. The van der Waals surface area contributed by atoms with Crippen LogP contribution in [0, 0.1) is 0 Å². The van der Waals surface area contributed by atoms with E-state index >= 15 is 0 Å². The summed E-state index contributed by atoms with van der Waals surface area (Å²) < 4.78 is 84.5. The zero-order valence-electron chi connectivity index (χ0n) is 82.2. The van der Waals surface area contributed by atoms with E-state index in [0.717, 1.165) is 205 Å². The maximum absolute atomic E-state index is 14.0. The van der Waals surface area contributed by atoms with Crippen LogP contribution in [0.2, 0.25) is 0 Å². The highest BCUT2D eigenvalue weighted by molar-refractivity contribution is 7.47. The summed E-state index contributed by atoms with van der Waals surface area (Å²) in [4.78, 5) is 129. The van der Waals surface area contributed by atoms with Gasteiger partial charge in [0.1, 0.15) is 30.8 Å². The normalized spacial score (nSPS) is 14.2. The lowest BCUT2D eigenvalue weighted by Gasteiger charge is -2.23. The van der Waals surface area contributed by atoms with Gasteiger partial charge in [-0.2, -0.15) is 0 Å². The molecule has 6 N–H and O–H groups in total. The number of phosphoric ester groups is 2. The molecule has 0 spiro atoms. The highest BCUT2D eigenvalue weighted by Crippen LogP contribution is 2.44. The first-order valence-corrected chi connectivity index (χ1v) is 54.5. The van der Waals surface area contributed by atoms with Gasteiger partial charge in [0, 0.05) is 51.6 Å². The molecule has 0 heterocycles. The van der Waals surface area contributed by atoms with Crippen LogP contribution in [-0.4, -0.2) is 160 Å². The molecule has 4 unspecified atom stereocenters. The van der Waals surface area contributed by atoms with Crippen molar-refractivity contribution < 1.29 is 104 Å². The van der Waals surface area contributed by atoms with Crippen LogP contribution in [0.1, 0.15) is 447 Å². The molecule has 129 heavy (non-hydrogen) atoms. The molecule has 0 aromatic carbocycles. The van der Waals surface area contributed by atoms with Gasteiger partial charge in [-0.25, -0.2) is 9.13 Å². The van der Waals surface area contributed by atoms with Crippen molar-refractivity contribution in [3.8, 4) is 0 Å². The number of esters is 4. The molecular formula is C101H186N4O22P2. The van der Waals surface area contributed by atoms with Crippen LogP contribution in [0.15, 0.2) is 48.6 Å². The standard InChI is InChI=1S/C101H186N4O22P2/c1-9-17-25-33-37-41-45-53-61-69-98(110)124-90(65-57-49-29-21-13-5)73-77-118-84-88(104-96(108)81-92(67-59-51-31-23-15-7)126-100(112)71-63-55-47-43-39-35-27-19-11-3)86-122-128(114,115)120-79-75-102-94(106)83-95(107)103-76-80-121-129(116,117)123-87-89(85-119-78-74-91(66-58-50-30-22-14-6)125-99(111)70-62-54-46-42-38-34-26-18-10-2)105-97(109)82-93(68-60-52-32-24-16-8)127-101(113)72-64-56-48-44-40-36-28-20-12-4/h41-48,88-93H,9-40,49-87H2,1-8H3,(H,102,106)(H,103,107)(H,104,108)(H,105,109)(H,114,115)(H,116,117)/b45-41-,46-42-,47-43-,48-44-/t88?,89?,90-,91-,92-,93-/m1/s1. The third-order valence-electron chi connectivity index (χ3n) is 22.2. The first-order chi connectivity index (χ1) is 62.6. The Kier molecular flexibility index (Phi) is 87.0. The lowest BCUT2D eigenvalue weighted by Crippen LogP contribution is -2.43. The molecular weight excluding hydrogens is 1680 g/mol. The van der Waals surface area contributed by atoms with Crippen LogP contribution in [0.25, 0.3) is 0 Å². The van der Waals surface area contributed by atoms with Gasteiger partial charge in [-0.15, -0.1) is 0 Å². The molecule has 0 saturated carbocycles. The molecule has 4 amide bonds. The molecule has 0 bridgehead atoms. The third kappa shape index (κ3) is 85.5. The molecule has 752 valence electrons. The Morgan fingerprint density at radius 1 is 0.271 bits per heavy atom. The van der Waals surface area contributed by atoms with Crippen LogP contribution >= 0.6 is 15.6 Å². The van der Waals surface area contributed by atoms with Gasteiger partial charge in [0.15, 0.2) is 0 Å². The molecule has 0 radical (unpaired) electrons. The largest absolute Gasteiger partial charge is 0.472 e. The van der Waals surface area contributed by atoms with Crippen molar-refractivity contribution in [3.05, 3.63) is 48.6 Å². The average molecular weight is 1870 g/mol. The summed E-state index contributed by atoms with van der Waals surface area (Å²) in [6.45, 7) is 14.3. The minimum Gasteiger partial charge on any atom is -0.462 e. The Bertz CT molecular complexity index is 2770. The minimum atomic E-state index is -4.89. The monoisotopic (exact) mass is 1870 g/mol. The van der Waals surface area contributed by atoms with E-state index in [1.807, 2.05) is 0 Å². The topological polar surface area (TPSA) is 352 Å². The number of carbonyl (C=O) groups excluding carboxylic acids is 8. The number of nitrogens with one attached hydrogen (secondary N) is 4. The molecule has 0 aliphatic heterocycles. The summed E-state index contributed by atoms with van der Waals surface area (Å²) in [7, 11) is -9.77. The van der Waals surface area contributed by atoms with E-state index in [9.17, 15) is 57.3 Å². The number of carbonyl (C=O) groups is 8. The van der Waals surface area contributed by atoms with Crippen LogP contribution in [0.5, 0.6) is 0 Å². The van der Waals surface area contributed by atoms with Gasteiger partial charge in [0.25, 0.3) is 0 Å². The summed E-state index contributed by atoms with van der Waals surface area (Å²) in [6, 6.07) is -2.02. The van der Waals surface area contributed by atoms with E-state index in [4.69, 9.17) is 46.5 Å². The Hall–Kier alpha value is -5.14. The van der Waals surface area contributed by atoms with Crippen molar-refractivity contribution in [3.63, 3.8) is 0 Å². The Labute approximate surface area is 782 Å². The molecule has 0 aromatic rings. The molecule has 8 atom stereocenters. The SMILES string of the molecule is CCCCCC/C=C\CCCC(=O)O[C@H](CCCCCCC)CCOCC(COP(=O)(O)OCCNC(=O)CC(=O)NCCOP(=O)(O)OCC(COCC[C@@H](CCCCCCC)OC(=O)CCC/C=C\CCCCCC)NC(=O)C[C@@H](CCCCCCC)OC(=O)CCC/C=C\CCCCCC)NC(=O)C[C@@H](CCCCCCC)OC(=O)CCC/C=C\CCCCCC. The van der Waals surface area contributed by atoms with Crippen LogP contribution in [-0.2, 0) is 94.0 Å². The first-order valence-electron chi connectivity index (χ1n) is 51.5. The van der Waals surface area contributed by atoms with Gasteiger partial charge in [-0.05, 0) is 154 Å². The Morgan fingerprint density at radius 2 is 0.512 bits per heavy atom. The predicted molar refractivity (Wildman–Crippen MR) is 518 cm³/mol. The van der Waals surface area contributed by atoms with Crippen LogP contribution in [0.3, 0.4) is 0 Å². The third-order valence-corrected chi connectivity index (χ3v) is 24.2. The maximum Gasteiger partial charge on any atom is 0.472 e. The van der Waals surface area contributed by atoms with E-state index in [2.05, 4.69) is 125 Å². The number of hydrogen-bond donors (Lipinski definition) is 6. The molecule has 26 nitrogen and oxygen atoms in total. The number of unbranched alkanes of at least 4 members (excludes halogenated alkanes) is 36. The lowest BCUT2D eigenvalue weighted by atomic mass is 10.1. The second-order valence-corrected chi connectivity index (χ2v) is 37.8. The highest BCUT2D eigenvalue weighted by atomic mass is 31.2. The van der Waals surface area contributed by atoms with Crippen molar-refractivity contribution in [2.24, 2.45) is 0 Å². The summed E-state index contributed by atoms with van der Waals surface area (Å²) in [5, 5.41) is 10.6. The van der Waals surface area contributed by atoms with E-state index in [-0.39, 0.29) is 90.0 Å². The fourth-order valence-corrected chi connectivity index (χ4v) is 16.0. The van der Waals surface area contributed by atoms with Gasteiger partial charge in [-0.3, -0.25) is 56.5 Å². The van der Waals surface area contributed by atoms with Crippen LogP contribution in [0.4, 0.5) is 0 Å². The first kappa shape index (κ1) is 124. The van der Waals surface area contributed by atoms with Gasteiger partial charge in [0.2, 0.25) is 23.6 Å². The van der Waals surface area contributed by atoms with Gasteiger partial charge in [0.05, 0.1) is 77.8 Å². The molecule has 0 aromatic heterocycles. The number of amides is 4. The maximum atomic E-state index is 14.0. The van der Waals surface area contributed by atoms with E-state index in [1.165, 1.54) is 77.0 Å². The molecule has 0 aliphatic rings. The fourth-order valence-electron chi connectivity index (χ4n) is 14.5. The fraction of sp³-hybridized carbons (Fsp3) is 0.842. The number of phosphoric acid groups is 2. The smallest absolute Gasteiger partial charge is 0.462 e. The highest BCUT2D eigenvalue weighted by Gasteiger charge is 2.30. The number of ether oxygens (including phenoxy) is 6. The molecule has 0 aliphatic carbocycles. The van der Waals surface area contributed by atoms with Gasteiger partial charge in [-0.1, -0.05) is 284 Å². The summed E-state index contributed by atoms with van der Waals surface area (Å²) in [5.41, 5.74) is 0. The predicted octanol–water partition coefficient (Wildman–Crippen LogP) is 24.3. The zero-order chi connectivity index (χ0) is 94.8. The number of rotatable bonds is 96. The van der Waals surface area contributed by atoms with Gasteiger partial charge < -0.3 is 59.5 Å². The van der Waals surface area contributed by atoms with Crippen LogP contribution < -0.4 is 21.3 Å². The molecule has 28 heteroatoms.